The van der Waals surface area contributed by atoms with Crippen LogP contribution < -0.4 is 0 Å². The highest BCUT2D eigenvalue weighted by molar-refractivity contribution is 9.10. The van der Waals surface area contributed by atoms with Gasteiger partial charge in [-0.1, -0.05) is 0 Å². The molecule has 0 unspecified atom stereocenters. The minimum atomic E-state index is -0.670. The second kappa shape index (κ2) is 3.70. The molecule has 0 fully saturated rings. The molecule has 0 atom stereocenters. The molecule has 0 saturated carbocycles. The maximum Gasteiger partial charge on any atom is 0.290 e. The first-order chi connectivity index (χ1) is 6.43. The van der Waals surface area contributed by atoms with Crippen LogP contribution >= 0.6 is 15.9 Å². The van der Waals surface area contributed by atoms with E-state index < -0.39 is 9.85 Å². The van der Waals surface area contributed by atoms with Crippen molar-refractivity contribution >= 4 is 27.3 Å². The van der Waals surface area contributed by atoms with Gasteiger partial charge in [0.1, 0.15) is 0 Å². The van der Waals surface area contributed by atoms with Crippen molar-refractivity contribution in [2.45, 2.75) is 6.92 Å². The second-order valence-corrected chi connectivity index (χ2v) is 3.46. The summed E-state index contributed by atoms with van der Waals surface area (Å²) in [5.41, 5.74) is -0.172. The number of aryl methyl sites for hydroxylation is 1. The molecule has 0 heterocycles. The number of benzene rings is 1. The molecule has 0 aliphatic heterocycles. The van der Waals surface area contributed by atoms with Crippen LogP contribution in [0.3, 0.4) is 0 Å². The van der Waals surface area contributed by atoms with Gasteiger partial charge in [-0.2, -0.15) is 0 Å². The normalized spacial score (nSPS) is 9.86. The topological polar surface area (TPSA) is 86.3 Å². The van der Waals surface area contributed by atoms with Crippen LogP contribution in [0.1, 0.15) is 5.56 Å². The summed E-state index contributed by atoms with van der Waals surface area (Å²) >= 11 is 2.97. The van der Waals surface area contributed by atoms with Gasteiger partial charge in [0.05, 0.1) is 20.4 Å². The number of rotatable bonds is 2. The maximum absolute atomic E-state index is 10.5. The molecule has 0 N–H and O–H groups in total. The lowest BCUT2D eigenvalue weighted by atomic mass is 10.2. The van der Waals surface area contributed by atoms with E-state index in [0.29, 0.717) is 5.56 Å². The third-order valence-electron chi connectivity index (χ3n) is 1.66. The highest BCUT2D eigenvalue weighted by Gasteiger charge is 2.20. The summed E-state index contributed by atoms with van der Waals surface area (Å²) in [7, 11) is 0. The van der Waals surface area contributed by atoms with E-state index in [1.807, 2.05) is 0 Å². The number of nitrogens with zero attached hydrogens (tertiary/aromatic N) is 2. The van der Waals surface area contributed by atoms with E-state index in [2.05, 4.69) is 15.9 Å². The molecular weight excluding hydrogens is 256 g/mol. The smallest absolute Gasteiger partial charge is 0.258 e. The standard InChI is InChI=1S/C7H5BrN2O4/c1-4-2-5(8)7(10(13)14)3-6(4)9(11)12/h2-3H,1H3. The minimum absolute atomic E-state index is 0.241. The Bertz CT molecular complexity index is 383. The van der Waals surface area contributed by atoms with Crippen LogP contribution in [0.2, 0.25) is 0 Å². The van der Waals surface area contributed by atoms with Gasteiger partial charge in [0.2, 0.25) is 0 Å². The highest BCUT2D eigenvalue weighted by Crippen LogP contribution is 2.31. The molecule has 74 valence electrons. The molecule has 0 bridgehead atoms. The Labute approximate surface area is 87.0 Å². The van der Waals surface area contributed by atoms with Crippen molar-refractivity contribution in [3.05, 3.63) is 42.4 Å². The second-order valence-electron chi connectivity index (χ2n) is 2.60. The third kappa shape index (κ3) is 1.87. The molecule has 0 aromatic heterocycles. The fourth-order valence-electron chi connectivity index (χ4n) is 0.987. The quantitative estimate of drug-likeness (QED) is 0.604. The van der Waals surface area contributed by atoms with Crippen LogP contribution in [0, 0.1) is 27.2 Å². The van der Waals surface area contributed by atoms with Crippen LogP contribution in [-0.4, -0.2) is 9.85 Å². The minimum Gasteiger partial charge on any atom is -0.258 e. The zero-order valence-corrected chi connectivity index (χ0v) is 8.65. The van der Waals surface area contributed by atoms with Crippen molar-refractivity contribution < 1.29 is 9.85 Å². The van der Waals surface area contributed by atoms with Crippen LogP contribution in [0.5, 0.6) is 0 Å². The third-order valence-corrected chi connectivity index (χ3v) is 2.29. The van der Waals surface area contributed by atoms with E-state index in [9.17, 15) is 20.2 Å². The predicted octanol–water partition coefficient (Wildman–Crippen LogP) is 2.57. The van der Waals surface area contributed by atoms with E-state index in [1.165, 1.54) is 13.0 Å². The van der Waals surface area contributed by atoms with Crippen molar-refractivity contribution in [2.24, 2.45) is 0 Å². The van der Waals surface area contributed by atoms with Crippen molar-refractivity contribution in [1.29, 1.82) is 0 Å². The SMILES string of the molecule is Cc1cc(Br)c([N+](=O)[O-])cc1[N+](=O)[O-]. The summed E-state index contributed by atoms with van der Waals surface area (Å²) in [6.07, 6.45) is 0. The van der Waals surface area contributed by atoms with Gasteiger partial charge >= 0.3 is 0 Å². The lowest BCUT2D eigenvalue weighted by Crippen LogP contribution is -1.95. The van der Waals surface area contributed by atoms with Gasteiger partial charge in [0, 0.05) is 5.56 Å². The van der Waals surface area contributed by atoms with Gasteiger partial charge < -0.3 is 0 Å². The van der Waals surface area contributed by atoms with E-state index in [0.717, 1.165) is 6.07 Å². The molecule has 0 amide bonds. The molecular formula is C7H5BrN2O4. The average molecular weight is 261 g/mol. The largest absolute Gasteiger partial charge is 0.290 e. The fourth-order valence-corrected chi connectivity index (χ4v) is 1.59. The Morgan fingerprint density at radius 1 is 1.14 bits per heavy atom. The van der Waals surface area contributed by atoms with Crippen LogP contribution in [0.4, 0.5) is 11.4 Å². The predicted molar refractivity (Wildman–Crippen MR) is 52.2 cm³/mol. The fraction of sp³-hybridized carbons (Fsp3) is 0.143. The molecule has 14 heavy (non-hydrogen) atoms. The molecule has 0 aliphatic carbocycles. The Hall–Kier alpha value is -1.50. The van der Waals surface area contributed by atoms with Gasteiger partial charge in [-0.05, 0) is 28.9 Å². The Morgan fingerprint density at radius 3 is 2.07 bits per heavy atom. The van der Waals surface area contributed by atoms with Crippen molar-refractivity contribution in [2.75, 3.05) is 0 Å². The molecule has 6 nitrogen and oxygen atoms in total. The van der Waals surface area contributed by atoms with Gasteiger partial charge in [-0.25, -0.2) is 0 Å². The monoisotopic (exact) mass is 260 g/mol. The number of hydrogen-bond donors (Lipinski definition) is 0. The first-order valence-corrected chi connectivity index (χ1v) is 4.31. The van der Waals surface area contributed by atoms with Gasteiger partial charge in [0.25, 0.3) is 11.4 Å². The van der Waals surface area contributed by atoms with Gasteiger partial charge in [0.15, 0.2) is 0 Å². The summed E-state index contributed by atoms with van der Waals surface area (Å²) in [6.45, 7) is 1.52. The first kappa shape index (κ1) is 10.6. The Kier molecular flexibility index (Phi) is 2.80. The Balaban J connectivity index is 3.42. The van der Waals surface area contributed by atoms with Crippen molar-refractivity contribution in [3.8, 4) is 0 Å². The van der Waals surface area contributed by atoms with E-state index >= 15 is 0 Å². The Morgan fingerprint density at radius 2 is 1.64 bits per heavy atom. The summed E-state index contributed by atoms with van der Waals surface area (Å²) in [5.74, 6) is 0. The van der Waals surface area contributed by atoms with Crippen molar-refractivity contribution in [3.63, 3.8) is 0 Å². The highest BCUT2D eigenvalue weighted by atomic mass is 79.9. The van der Waals surface area contributed by atoms with E-state index in [4.69, 9.17) is 0 Å². The molecule has 0 radical (unpaired) electrons. The van der Waals surface area contributed by atoms with Gasteiger partial charge in [-0.3, -0.25) is 20.2 Å². The molecule has 1 aromatic rings. The number of nitro benzene ring substituents is 2. The van der Waals surface area contributed by atoms with Crippen LogP contribution in [-0.2, 0) is 0 Å². The summed E-state index contributed by atoms with van der Waals surface area (Å²) in [6, 6.07) is 2.30. The van der Waals surface area contributed by atoms with E-state index in [-0.39, 0.29) is 15.8 Å². The van der Waals surface area contributed by atoms with Crippen LogP contribution in [0.15, 0.2) is 16.6 Å². The van der Waals surface area contributed by atoms with Crippen molar-refractivity contribution in [1.82, 2.24) is 0 Å². The molecule has 0 aliphatic rings. The molecule has 1 aromatic carbocycles. The van der Waals surface area contributed by atoms with Gasteiger partial charge in [-0.15, -0.1) is 0 Å². The summed E-state index contributed by atoms with van der Waals surface area (Å²) in [4.78, 5) is 19.6. The number of nitro groups is 2. The lowest BCUT2D eigenvalue weighted by Gasteiger charge is -1.98. The average Bonchev–Trinajstić information content (AvgIpc) is 2.02. The number of halogens is 1. The zero-order chi connectivity index (χ0) is 10.9. The molecule has 7 heteroatoms. The number of hydrogen-bond acceptors (Lipinski definition) is 4. The summed E-state index contributed by atoms with van der Waals surface area (Å²) < 4.78 is 0.241. The molecule has 1 rings (SSSR count). The zero-order valence-electron chi connectivity index (χ0n) is 7.06. The maximum atomic E-state index is 10.5. The molecule has 0 saturated heterocycles. The lowest BCUT2D eigenvalue weighted by molar-refractivity contribution is -0.395. The van der Waals surface area contributed by atoms with Crippen LogP contribution in [0.25, 0.3) is 0 Å². The van der Waals surface area contributed by atoms with E-state index in [1.54, 1.807) is 0 Å². The molecule has 0 spiro atoms. The first-order valence-electron chi connectivity index (χ1n) is 3.52. The summed E-state index contributed by atoms with van der Waals surface area (Å²) in [5, 5.41) is 20.9.